The Morgan fingerprint density at radius 1 is 1.14 bits per heavy atom. The van der Waals surface area contributed by atoms with Crippen LogP contribution in [0.5, 0.6) is 5.75 Å². The Kier molecular flexibility index (Phi) is 4.99. The molecule has 0 bridgehead atoms. The molecule has 0 aliphatic carbocycles. The first-order valence-corrected chi connectivity index (χ1v) is 7.55. The number of ether oxygens (including phenoxy) is 1. The zero-order valence-electron chi connectivity index (χ0n) is 12.2. The lowest BCUT2D eigenvalue weighted by Gasteiger charge is -2.15. The van der Waals surface area contributed by atoms with Crippen molar-refractivity contribution in [1.29, 1.82) is 0 Å². The second-order valence-corrected chi connectivity index (χ2v) is 6.16. The molecule has 0 fully saturated rings. The first-order chi connectivity index (χ1) is 9.90. The van der Waals surface area contributed by atoms with Crippen LogP contribution in [0.2, 0.25) is 0 Å². The highest BCUT2D eigenvalue weighted by atomic mass is 79.9. The van der Waals surface area contributed by atoms with Gasteiger partial charge in [-0.1, -0.05) is 26.0 Å². The Hall–Kier alpha value is -1.42. The fraction of sp³-hybridized carbons (Fsp3) is 0.294. The van der Waals surface area contributed by atoms with Gasteiger partial charge in [-0.25, -0.2) is 8.78 Å². The Balaban J connectivity index is 2.29. The van der Waals surface area contributed by atoms with Crippen molar-refractivity contribution >= 4 is 15.9 Å². The van der Waals surface area contributed by atoms with Gasteiger partial charge in [0.25, 0.3) is 0 Å². The molecule has 0 N–H and O–H groups in total. The highest BCUT2D eigenvalue weighted by Crippen LogP contribution is 2.29. The van der Waals surface area contributed by atoms with Gasteiger partial charge in [-0.3, -0.25) is 0 Å². The second-order valence-electron chi connectivity index (χ2n) is 5.31. The summed E-state index contributed by atoms with van der Waals surface area (Å²) in [5.41, 5.74) is 2.00. The van der Waals surface area contributed by atoms with Crippen LogP contribution >= 0.6 is 15.9 Å². The molecule has 0 saturated carbocycles. The quantitative estimate of drug-likeness (QED) is 0.636. The zero-order valence-corrected chi connectivity index (χ0v) is 13.8. The highest BCUT2D eigenvalue weighted by molar-refractivity contribution is 9.10. The van der Waals surface area contributed by atoms with Crippen molar-refractivity contribution in [2.45, 2.75) is 33.3 Å². The second kappa shape index (κ2) is 6.56. The van der Waals surface area contributed by atoms with Crippen LogP contribution in [0, 0.1) is 18.6 Å². The molecule has 4 heteroatoms. The van der Waals surface area contributed by atoms with Gasteiger partial charge in [-0.05, 0) is 58.1 Å². The van der Waals surface area contributed by atoms with E-state index in [2.05, 4.69) is 29.8 Å². The normalized spacial score (nSPS) is 11.0. The maximum absolute atomic E-state index is 13.9. The van der Waals surface area contributed by atoms with E-state index in [0.717, 1.165) is 11.1 Å². The molecule has 0 atom stereocenters. The van der Waals surface area contributed by atoms with E-state index in [1.807, 2.05) is 25.1 Å². The van der Waals surface area contributed by atoms with Gasteiger partial charge >= 0.3 is 0 Å². The SMILES string of the molecule is Cc1ccc(C(C)C)c(OCc2c(F)ccc(Br)c2F)c1. The molecule has 0 heterocycles. The van der Waals surface area contributed by atoms with Gasteiger partial charge in [-0.15, -0.1) is 0 Å². The van der Waals surface area contributed by atoms with Crippen LogP contribution in [0.3, 0.4) is 0 Å². The van der Waals surface area contributed by atoms with Gasteiger partial charge < -0.3 is 4.74 Å². The van der Waals surface area contributed by atoms with Crippen LogP contribution in [0.4, 0.5) is 8.78 Å². The van der Waals surface area contributed by atoms with E-state index < -0.39 is 11.6 Å². The first-order valence-electron chi connectivity index (χ1n) is 6.76. The summed E-state index contributed by atoms with van der Waals surface area (Å²) in [4.78, 5) is 0. The molecule has 0 unspecified atom stereocenters. The average Bonchev–Trinajstić information content (AvgIpc) is 2.43. The highest BCUT2D eigenvalue weighted by Gasteiger charge is 2.15. The third-order valence-electron chi connectivity index (χ3n) is 3.30. The van der Waals surface area contributed by atoms with Gasteiger partial charge in [0.1, 0.15) is 24.0 Å². The maximum Gasteiger partial charge on any atom is 0.146 e. The van der Waals surface area contributed by atoms with E-state index in [1.54, 1.807) is 0 Å². The summed E-state index contributed by atoms with van der Waals surface area (Å²) in [6.45, 7) is 5.92. The lowest BCUT2D eigenvalue weighted by molar-refractivity contribution is 0.288. The van der Waals surface area contributed by atoms with Crippen LogP contribution in [-0.2, 0) is 6.61 Å². The average molecular weight is 355 g/mol. The molecule has 1 nitrogen and oxygen atoms in total. The number of halogens is 3. The predicted molar refractivity (Wildman–Crippen MR) is 83.7 cm³/mol. The molecule has 0 aromatic heterocycles. The summed E-state index contributed by atoms with van der Waals surface area (Å²) < 4.78 is 33.6. The number of rotatable bonds is 4. The largest absolute Gasteiger partial charge is 0.488 e. The van der Waals surface area contributed by atoms with Gasteiger partial charge in [-0.2, -0.15) is 0 Å². The lowest BCUT2D eigenvalue weighted by atomic mass is 10.0. The third kappa shape index (κ3) is 3.62. The molecule has 0 radical (unpaired) electrons. The van der Waals surface area contributed by atoms with Crippen LogP contribution < -0.4 is 4.74 Å². The maximum atomic E-state index is 13.9. The molecule has 112 valence electrons. The van der Waals surface area contributed by atoms with Crippen molar-refractivity contribution in [2.75, 3.05) is 0 Å². The molecular formula is C17H17BrF2O. The first kappa shape index (κ1) is 16.0. The minimum absolute atomic E-state index is 0.0689. The molecule has 0 aliphatic rings. The molecule has 0 saturated heterocycles. The van der Waals surface area contributed by atoms with E-state index >= 15 is 0 Å². The van der Waals surface area contributed by atoms with Crippen molar-refractivity contribution < 1.29 is 13.5 Å². The van der Waals surface area contributed by atoms with E-state index in [9.17, 15) is 8.78 Å². The van der Waals surface area contributed by atoms with Gasteiger partial charge in [0, 0.05) is 0 Å². The van der Waals surface area contributed by atoms with Crippen molar-refractivity contribution in [1.82, 2.24) is 0 Å². The van der Waals surface area contributed by atoms with Crippen LogP contribution in [0.25, 0.3) is 0 Å². The fourth-order valence-corrected chi connectivity index (χ4v) is 2.47. The smallest absolute Gasteiger partial charge is 0.146 e. The molecular weight excluding hydrogens is 338 g/mol. The Labute approximate surface area is 132 Å². The minimum Gasteiger partial charge on any atom is -0.488 e. The number of benzene rings is 2. The van der Waals surface area contributed by atoms with E-state index in [4.69, 9.17) is 4.74 Å². The molecule has 0 spiro atoms. The monoisotopic (exact) mass is 354 g/mol. The van der Waals surface area contributed by atoms with Crippen molar-refractivity contribution in [2.24, 2.45) is 0 Å². The van der Waals surface area contributed by atoms with Crippen LogP contribution in [-0.4, -0.2) is 0 Å². The van der Waals surface area contributed by atoms with Gasteiger partial charge in [0.05, 0.1) is 10.0 Å². The van der Waals surface area contributed by atoms with Crippen molar-refractivity contribution in [3.05, 3.63) is 63.1 Å². The Morgan fingerprint density at radius 2 is 1.86 bits per heavy atom. The molecule has 21 heavy (non-hydrogen) atoms. The molecule has 0 aliphatic heterocycles. The number of hydrogen-bond acceptors (Lipinski definition) is 1. The summed E-state index contributed by atoms with van der Waals surface area (Å²) in [7, 11) is 0. The predicted octanol–water partition coefficient (Wildman–Crippen LogP) is 5.74. The summed E-state index contributed by atoms with van der Waals surface area (Å²) in [5.74, 6) is -0.273. The zero-order chi connectivity index (χ0) is 15.6. The Bertz CT molecular complexity index is 653. The summed E-state index contributed by atoms with van der Waals surface area (Å²) in [6.07, 6.45) is 0. The molecule has 2 rings (SSSR count). The van der Waals surface area contributed by atoms with Gasteiger partial charge in [0.15, 0.2) is 0 Å². The van der Waals surface area contributed by atoms with E-state index in [0.29, 0.717) is 5.75 Å². The van der Waals surface area contributed by atoms with E-state index in [-0.39, 0.29) is 22.6 Å². The van der Waals surface area contributed by atoms with E-state index in [1.165, 1.54) is 12.1 Å². The topological polar surface area (TPSA) is 9.23 Å². The van der Waals surface area contributed by atoms with Crippen LogP contribution in [0.1, 0.15) is 36.5 Å². The Morgan fingerprint density at radius 3 is 2.52 bits per heavy atom. The molecule has 2 aromatic rings. The van der Waals surface area contributed by atoms with Crippen LogP contribution in [0.15, 0.2) is 34.8 Å². The van der Waals surface area contributed by atoms with Crippen molar-refractivity contribution in [3.8, 4) is 5.75 Å². The van der Waals surface area contributed by atoms with Crippen molar-refractivity contribution in [3.63, 3.8) is 0 Å². The summed E-state index contributed by atoms with van der Waals surface area (Å²) in [6, 6.07) is 8.46. The number of aryl methyl sites for hydroxylation is 1. The molecule has 2 aromatic carbocycles. The summed E-state index contributed by atoms with van der Waals surface area (Å²) in [5, 5.41) is 0. The standard InChI is InChI=1S/C17H17BrF2O/c1-10(2)12-5-4-11(3)8-16(12)21-9-13-15(19)7-6-14(18)17(13)20/h4-8,10H,9H2,1-3H3. The van der Waals surface area contributed by atoms with Gasteiger partial charge in [0.2, 0.25) is 0 Å². The minimum atomic E-state index is -0.617. The number of hydrogen-bond donors (Lipinski definition) is 0. The molecule has 0 amide bonds. The third-order valence-corrected chi connectivity index (χ3v) is 3.91. The fourth-order valence-electron chi connectivity index (χ4n) is 2.09. The summed E-state index contributed by atoms with van der Waals surface area (Å²) >= 11 is 3.06. The lowest BCUT2D eigenvalue weighted by Crippen LogP contribution is -2.05.